The zero-order valence-electron chi connectivity index (χ0n) is 14.8. The highest BCUT2D eigenvalue weighted by molar-refractivity contribution is 6.30. The Kier molecular flexibility index (Phi) is 6.26. The normalized spacial score (nSPS) is 14.3. The molecule has 0 bridgehead atoms. The summed E-state index contributed by atoms with van der Waals surface area (Å²) in [6, 6.07) is 14.2. The summed E-state index contributed by atoms with van der Waals surface area (Å²) in [5, 5.41) is 14.7. The van der Waals surface area contributed by atoms with Crippen LogP contribution in [0.5, 0.6) is 0 Å². The van der Waals surface area contributed by atoms with Crippen molar-refractivity contribution in [1.82, 2.24) is 10.2 Å². The first-order valence-electron chi connectivity index (χ1n) is 8.76. The van der Waals surface area contributed by atoms with E-state index in [4.69, 9.17) is 11.6 Å². The van der Waals surface area contributed by atoms with Gasteiger partial charge in [0, 0.05) is 55.1 Å². The fraction of sp³-hybridized carbons (Fsp3) is 0.316. The lowest BCUT2D eigenvalue weighted by atomic mass is 10.2. The van der Waals surface area contributed by atoms with Gasteiger partial charge in [0.15, 0.2) is 0 Å². The molecule has 3 rings (SSSR count). The molecular formula is C19H21ClN4O3. The summed E-state index contributed by atoms with van der Waals surface area (Å²) in [5.41, 5.74) is 1.69. The molecule has 1 amide bonds. The van der Waals surface area contributed by atoms with Crippen LogP contribution in [0.25, 0.3) is 0 Å². The van der Waals surface area contributed by atoms with Gasteiger partial charge < -0.3 is 15.1 Å². The number of rotatable bonds is 6. The summed E-state index contributed by atoms with van der Waals surface area (Å²) in [7, 11) is 0. The Hall–Kier alpha value is -2.64. The van der Waals surface area contributed by atoms with Gasteiger partial charge >= 0.3 is 0 Å². The van der Waals surface area contributed by atoms with Gasteiger partial charge in [0.05, 0.1) is 11.5 Å². The summed E-state index contributed by atoms with van der Waals surface area (Å²) < 4.78 is 0. The fourth-order valence-electron chi connectivity index (χ4n) is 3.14. The van der Waals surface area contributed by atoms with Crippen molar-refractivity contribution >= 4 is 28.9 Å². The van der Waals surface area contributed by atoms with E-state index in [0.717, 1.165) is 18.8 Å². The number of carbonyl (C=O) groups excluding carboxylic acids is 1. The molecule has 1 N–H and O–H groups in total. The minimum absolute atomic E-state index is 0.000622. The quantitative estimate of drug-likeness (QED) is 0.608. The molecule has 0 saturated carbocycles. The lowest BCUT2D eigenvalue weighted by Gasteiger charge is -2.36. The van der Waals surface area contributed by atoms with E-state index in [9.17, 15) is 14.9 Å². The zero-order chi connectivity index (χ0) is 19.2. The van der Waals surface area contributed by atoms with Crippen molar-refractivity contribution in [2.24, 2.45) is 0 Å². The van der Waals surface area contributed by atoms with Crippen LogP contribution in [0.4, 0.5) is 11.4 Å². The number of nitro groups is 1. The second-order valence-corrected chi connectivity index (χ2v) is 6.77. The summed E-state index contributed by atoms with van der Waals surface area (Å²) in [4.78, 5) is 27.0. The van der Waals surface area contributed by atoms with Crippen LogP contribution in [-0.2, 0) is 11.3 Å². The molecule has 0 atom stereocenters. The molecule has 0 aliphatic carbocycles. The first-order chi connectivity index (χ1) is 13.0. The van der Waals surface area contributed by atoms with Gasteiger partial charge in [0.2, 0.25) is 5.91 Å². The van der Waals surface area contributed by atoms with Crippen LogP contribution in [-0.4, -0.2) is 48.5 Å². The largest absolute Gasteiger partial charge is 0.368 e. The van der Waals surface area contributed by atoms with Gasteiger partial charge in [0.1, 0.15) is 0 Å². The predicted molar refractivity (Wildman–Crippen MR) is 105 cm³/mol. The third kappa shape index (κ3) is 4.96. The minimum Gasteiger partial charge on any atom is -0.368 e. The number of nitrogens with zero attached hydrogens (tertiary/aromatic N) is 3. The molecule has 0 aromatic heterocycles. The Morgan fingerprint density at radius 3 is 2.56 bits per heavy atom. The Bertz CT molecular complexity index is 822. The molecule has 2 aromatic rings. The van der Waals surface area contributed by atoms with Crippen LogP contribution < -0.4 is 10.2 Å². The average Bonchev–Trinajstić information content (AvgIpc) is 2.68. The van der Waals surface area contributed by atoms with Crippen molar-refractivity contribution in [2.45, 2.75) is 6.54 Å². The summed E-state index contributed by atoms with van der Waals surface area (Å²) in [6.45, 7) is 3.21. The molecule has 0 unspecified atom stereocenters. The maximum absolute atomic E-state index is 12.4. The number of hydrogen-bond acceptors (Lipinski definition) is 5. The molecule has 1 heterocycles. The third-order valence-electron chi connectivity index (χ3n) is 4.59. The average molecular weight is 389 g/mol. The minimum atomic E-state index is -0.409. The Morgan fingerprint density at radius 2 is 1.85 bits per heavy atom. The Labute approximate surface area is 162 Å². The lowest BCUT2D eigenvalue weighted by Crippen LogP contribution is -2.50. The predicted octanol–water partition coefficient (Wildman–Crippen LogP) is 2.69. The molecule has 27 heavy (non-hydrogen) atoms. The Morgan fingerprint density at radius 1 is 1.11 bits per heavy atom. The fourth-order valence-corrected chi connectivity index (χ4v) is 3.33. The van der Waals surface area contributed by atoms with E-state index in [2.05, 4.69) is 10.2 Å². The number of benzene rings is 2. The summed E-state index contributed by atoms with van der Waals surface area (Å²) >= 11 is 6.04. The second-order valence-electron chi connectivity index (χ2n) is 6.34. The van der Waals surface area contributed by atoms with Crippen LogP contribution in [0.3, 0.4) is 0 Å². The monoisotopic (exact) mass is 388 g/mol. The number of amides is 1. The van der Waals surface area contributed by atoms with Gasteiger partial charge in [-0.05, 0) is 18.2 Å². The topological polar surface area (TPSA) is 78.7 Å². The number of nitrogens with one attached hydrogen (secondary N) is 1. The molecule has 1 fully saturated rings. The number of nitro benzene ring substituents is 1. The molecule has 142 valence electrons. The highest BCUT2D eigenvalue weighted by atomic mass is 35.5. The maximum Gasteiger partial charge on any atom is 0.273 e. The van der Waals surface area contributed by atoms with Crippen molar-refractivity contribution in [3.05, 3.63) is 69.2 Å². The third-order valence-corrected chi connectivity index (χ3v) is 4.82. The highest BCUT2D eigenvalue weighted by Gasteiger charge is 2.21. The molecule has 2 aromatic carbocycles. The van der Waals surface area contributed by atoms with E-state index in [-0.39, 0.29) is 24.7 Å². The van der Waals surface area contributed by atoms with Crippen molar-refractivity contribution < 1.29 is 9.72 Å². The molecule has 0 spiro atoms. The van der Waals surface area contributed by atoms with Gasteiger partial charge in [-0.15, -0.1) is 0 Å². The standard InChI is InChI=1S/C19H21ClN4O3/c20-16-5-3-6-17(12-16)22-8-10-23(11-9-22)19(25)14-21-13-15-4-1-2-7-18(15)24(26)27/h1-7,12,21H,8-11,13-14H2. The number of carbonyl (C=O) groups is 1. The molecular weight excluding hydrogens is 368 g/mol. The van der Waals surface area contributed by atoms with Crippen molar-refractivity contribution in [3.63, 3.8) is 0 Å². The Balaban J connectivity index is 1.47. The smallest absolute Gasteiger partial charge is 0.273 e. The van der Waals surface area contributed by atoms with Crippen LogP contribution in [0.2, 0.25) is 5.02 Å². The van der Waals surface area contributed by atoms with Gasteiger partial charge in [0.25, 0.3) is 5.69 Å². The van der Waals surface area contributed by atoms with Crippen molar-refractivity contribution in [3.8, 4) is 0 Å². The number of piperazine rings is 1. The molecule has 7 nitrogen and oxygen atoms in total. The molecule has 1 saturated heterocycles. The summed E-state index contributed by atoms with van der Waals surface area (Å²) in [6.07, 6.45) is 0. The van der Waals surface area contributed by atoms with E-state index in [1.54, 1.807) is 18.2 Å². The van der Waals surface area contributed by atoms with Gasteiger partial charge in [-0.3, -0.25) is 14.9 Å². The summed E-state index contributed by atoms with van der Waals surface area (Å²) in [5.74, 6) is -0.000622. The van der Waals surface area contributed by atoms with E-state index in [1.165, 1.54) is 6.07 Å². The van der Waals surface area contributed by atoms with Gasteiger partial charge in [-0.25, -0.2) is 0 Å². The first kappa shape index (κ1) is 19.1. The van der Waals surface area contributed by atoms with Crippen LogP contribution in [0, 0.1) is 10.1 Å². The van der Waals surface area contributed by atoms with Crippen LogP contribution in [0.1, 0.15) is 5.56 Å². The molecule has 8 heteroatoms. The lowest BCUT2D eigenvalue weighted by molar-refractivity contribution is -0.385. The van der Waals surface area contributed by atoms with Gasteiger partial charge in [-0.2, -0.15) is 0 Å². The molecule has 0 radical (unpaired) electrons. The van der Waals surface area contributed by atoms with Crippen molar-refractivity contribution in [2.75, 3.05) is 37.6 Å². The number of hydrogen-bond donors (Lipinski definition) is 1. The molecule has 1 aliphatic heterocycles. The first-order valence-corrected chi connectivity index (χ1v) is 9.13. The number of anilines is 1. The maximum atomic E-state index is 12.4. The second kappa shape index (κ2) is 8.83. The van der Waals surface area contributed by atoms with Crippen LogP contribution in [0.15, 0.2) is 48.5 Å². The SMILES string of the molecule is O=C(CNCc1ccccc1[N+](=O)[O-])N1CCN(c2cccc(Cl)c2)CC1. The molecule has 1 aliphatic rings. The van der Waals surface area contributed by atoms with Gasteiger partial charge in [-0.1, -0.05) is 35.9 Å². The van der Waals surface area contributed by atoms with Crippen molar-refractivity contribution in [1.29, 1.82) is 0 Å². The van der Waals surface area contributed by atoms with E-state index in [1.807, 2.05) is 29.2 Å². The number of halogens is 1. The van der Waals surface area contributed by atoms with E-state index < -0.39 is 4.92 Å². The van der Waals surface area contributed by atoms with E-state index >= 15 is 0 Å². The zero-order valence-corrected chi connectivity index (χ0v) is 15.6. The van der Waals surface area contributed by atoms with E-state index in [0.29, 0.717) is 23.7 Å². The number of para-hydroxylation sites is 1. The highest BCUT2D eigenvalue weighted by Crippen LogP contribution is 2.21. The van der Waals surface area contributed by atoms with Crippen LogP contribution >= 0.6 is 11.6 Å².